The lowest BCUT2D eigenvalue weighted by Gasteiger charge is -2.24. The Morgan fingerprint density at radius 1 is 1.31 bits per heavy atom. The van der Waals surface area contributed by atoms with Crippen LogP contribution in [-0.4, -0.2) is 12.5 Å². The average Bonchev–Trinajstić information content (AvgIpc) is 2.15. The molecule has 1 amide bonds. The van der Waals surface area contributed by atoms with E-state index in [4.69, 9.17) is 11.6 Å². The molecule has 0 fully saturated rings. The Morgan fingerprint density at radius 3 is 2.62 bits per heavy atom. The third-order valence-corrected chi connectivity index (χ3v) is 3.24. The Labute approximate surface area is 101 Å². The fraction of sp³-hybridized carbons (Fsp3) is 0.462. The maximum absolute atomic E-state index is 11.7. The highest BCUT2D eigenvalue weighted by atomic mass is 35.5. The predicted molar refractivity (Wildman–Crippen MR) is 66.2 cm³/mol. The fourth-order valence-corrected chi connectivity index (χ4v) is 2.48. The van der Waals surface area contributed by atoms with Crippen LogP contribution >= 0.6 is 11.6 Å². The molecule has 0 radical (unpaired) electrons. The van der Waals surface area contributed by atoms with E-state index >= 15 is 0 Å². The van der Waals surface area contributed by atoms with Crippen LogP contribution < -0.4 is 5.32 Å². The van der Waals surface area contributed by atoms with Gasteiger partial charge in [-0.3, -0.25) is 4.79 Å². The van der Waals surface area contributed by atoms with Crippen molar-refractivity contribution >= 4 is 17.5 Å². The minimum Gasteiger partial charge on any atom is -0.352 e. The first-order valence-electron chi connectivity index (χ1n) is 5.50. The van der Waals surface area contributed by atoms with Gasteiger partial charge in [-0.2, -0.15) is 0 Å². The number of amides is 1. The van der Waals surface area contributed by atoms with Crippen molar-refractivity contribution in [2.75, 3.05) is 6.54 Å². The van der Waals surface area contributed by atoms with Gasteiger partial charge in [-0.25, -0.2) is 0 Å². The first-order valence-corrected chi connectivity index (χ1v) is 5.88. The maximum atomic E-state index is 11.7. The Bertz CT molecular complexity index is 446. The second-order valence-electron chi connectivity index (χ2n) is 5.25. The fourth-order valence-electron chi connectivity index (χ4n) is 2.01. The monoisotopic (exact) mass is 237 g/mol. The van der Waals surface area contributed by atoms with Crippen LogP contribution in [0.3, 0.4) is 0 Å². The molecule has 2 rings (SSSR count). The number of carbonyl (C=O) groups is 1. The van der Waals surface area contributed by atoms with Gasteiger partial charge in [0.15, 0.2) is 0 Å². The van der Waals surface area contributed by atoms with Crippen molar-refractivity contribution in [2.45, 2.75) is 32.6 Å². The zero-order chi connectivity index (χ0) is 11.9. The van der Waals surface area contributed by atoms with Crippen LogP contribution in [0.4, 0.5) is 0 Å². The number of nitrogens with one attached hydrogen (secondary N) is 1. The van der Waals surface area contributed by atoms with Gasteiger partial charge >= 0.3 is 0 Å². The third kappa shape index (κ3) is 1.94. The lowest BCUT2D eigenvalue weighted by molar-refractivity contribution is 0.0946. The van der Waals surface area contributed by atoms with Crippen molar-refractivity contribution in [2.24, 2.45) is 0 Å². The summed E-state index contributed by atoms with van der Waals surface area (Å²) in [4.78, 5) is 11.7. The SMILES string of the molecule is CC(C)(C)c1cc2c(cc1Cl)CCNC2=O. The van der Waals surface area contributed by atoms with Crippen LogP contribution in [0.5, 0.6) is 0 Å². The zero-order valence-electron chi connectivity index (χ0n) is 9.86. The molecule has 3 heteroatoms. The predicted octanol–water partition coefficient (Wildman–Crippen LogP) is 2.92. The van der Waals surface area contributed by atoms with E-state index in [0.717, 1.165) is 28.1 Å². The lowest BCUT2D eigenvalue weighted by Crippen LogP contribution is -2.32. The van der Waals surface area contributed by atoms with E-state index in [1.807, 2.05) is 12.1 Å². The van der Waals surface area contributed by atoms with Gasteiger partial charge in [-0.1, -0.05) is 32.4 Å². The zero-order valence-corrected chi connectivity index (χ0v) is 10.6. The van der Waals surface area contributed by atoms with Crippen molar-refractivity contribution in [3.05, 3.63) is 33.8 Å². The number of benzene rings is 1. The molecule has 0 aromatic heterocycles. The van der Waals surface area contributed by atoms with Crippen LogP contribution in [0.2, 0.25) is 5.02 Å². The molecule has 1 aromatic carbocycles. The van der Waals surface area contributed by atoms with Gasteiger partial charge < -0.3 is 5.32 Å². The van der Waals surface area contributed by atoms with Crippen LogP contribution in [-0.2, 0) is 11.8 Å². The Balaban J connectivity index is 2.59. The minimum atomic E-state index is -0.0379. The summed E-state index contributed by atoms with van der Waals surface area (Å²) in [5, 5.41) is 3.62. The molecule has 1 heterocycles. The van der Waals surface area contributed by atoms with Gasteiger partial charge in [0, 0.05) is 17.1 Å². The summed E-state index contributed by atoms with van der Waals surface area (Å²) in [5.41, 5.74) is 2.83. The Hall–Kier alpha value is -1.02. The van der Waals surface area contributed by atoms with Crippen molar-refractivity contribution < 1.29 is 4.79 Å². The molecule has 0 saturated carbocycles. The largest absolute Gasteiger partial charge is 0.352 e. The van der Waals surface area contributed by atoms with Gasteiger partial charge in [-0.15, -0.1) is 0 Å². The Morgan fingerprint density at radius 2 is 2.00 bits per heavy atom. The second-order valence-corrected chi connectivity index (χ2v) is 5.65. The summed E-state index contributed by atoms with van der Waals surface area (Å²) in [6.45, 7) is 7.00. The van der Waals surface area contributed by atoms with Crippen molar-refractivity contribution in [3.63, 3.8) is 0 Å². The molecule has 86 valence electrons. The molecule has 1 aromatic rings. The molecule has 1 aliphatic heterocycles. The summed E-state index contributed by atoms with van der Waals surface area (Å²) in [5.74, 6) is 0.0171. The van der Waals surface area contributed by atoms with E-state index in [-0.39, 0.29) is 11.3 Å². The van der Waals surface area contributed by atoms with E-state index in [9.17, 15) is 4.79 Å². The summed E-state index contributed by atoms with van der Waals surface area (Å²) in [6, 6.07) is 3.88. The molecule has 0 saturated heterocycles. The van der Waals surface area contributed by atoms with Crippen molar-refractivity contribution in [1.29, 1.82) is 0 Å². The van der Waals surface area contributed by atoms with Crippen molar-refractivity contribution in [1.82, 2.24) is 5.32 Å². The van der Waals surface area contributed by atoms with E-state index in [2.05, 4.69) is 26.1 Å². The van der Waals surface area contributed by atoms with Crippen molar-refractivity contribution in [3.8, 4) is 0 Å². The van der Waals surface area contributed by atoms with Crippen LogP contribution in [0.15, 0.2) is 12.1 Å². The third-order valence-electron chi connectivity index (χ3n) is 2.93. The van der Waals surface area contributed by atoms with Gasteiger partial charge in [0.05, 0.1) is 0 Å². The van der Waals surface area contributed by atoms with Crippen LogP contribution in [0.1, 0.15) is 42.3 Å². The number of rotatable bonds is 0. The Kier molecular flexibility index (Phi) is 2.70. The van der Waals surface area contributed by atoms with Gasteiger partial charge in [-0.05, 0) is 35.1 Å². The average molecular weight is 238 g/mol. The molecule has 0 spiro atoms. The number of halogens is 1. The van der Waals surface area contributed by atoms with Gasteiger partial charge in [0.25, 0.3) is 5.91 Å². The van der Waals surface area contributed by atoms with E-state index < -0.39 is 0 Å². The molecule has 0 bridgehead atoms. The highest BCUT2D eigenvalue weighted by Crippen LogP contribution is 2.32. The maximum Gasteiger partial charge on any atom is 0.251 e. The molecule has 1 N–H and O–H groups in total. The highest BCUT2D eigenvalue weighted by molar-refractivity contribution is 6.31. The quantitative estimate of drug-likeness (QED) is 0.739. The normalized spacial score (nSPS) is 15.6. The molecule has 16 heavy (non-hydrogen) atoms. The summed E-state index contributed by atoms with van der Waals surface area (Å²) >= 11 is 6.26. The van der Waals surface area contributed by atoms with Crippen LogP contribution in [0.25, 0.3) is 0 Å². The molecule has 0 unspecified atom stereocenters. The van der Waals surface area contributed by atoms with Crippen LogP contribution in [0, 0.1) is 0 Å². The number of carbonyl (C=O) groups excluding carboxylic acids is 1. The van der Waals surface area contributed by atoms with E-state index in [1.165, 1.54) is 0 Å². The highest BCUT2D eigenvalue weighted by Gasteiger charge is 2.23. The summed E-state index contributed by atoms with van der Waals surface area (Å²) in [7, 11) is 0. The van der Waals surface area contributed by atoms with Gasteiger partial charge in [0.2, 0.25) is 0 Å². The number of hydrogen-bond donors (Lipinski definition) is 1. The summed E-state index contributed by atoms with van der Waals surface area (Å²) in [6.07, 6.45) is 0.866. The number of hydrogen-bond acceptors (Lipinski definition) is 1. The standard InChI is InChI=1S/C13H16ClNO/c1-13(2,3)10-7-9-8(6-11(10)14)4-5-15-12(9)16/h6-7H,4-5H2,1-3H3,(H,15,16). The number of fused-ring (bicyclic) bond motifs is 1. The lowest BCUT2D eigenvalue weighted by atomic mass is 9.84. The molecule has 2 nitrogen and oxygen atoms in total. The second kappa shape index (κ2) is 3.77. The molecule has 0 atom stereocenters. The molecular weight excluding hydrogens is 222 g/mol. The topological polar surface area (TPSA) is 29.1 Å². The first-order chi connectivity index (χ1) is 7.39. The van der Waals surface area contributed by atoms with E-state index in [1.54, 1.807) is 0 Å². The molecule has 0 aliphatic carbocycles. The smallest absolute Gasteiger partial charge is 0.251 e. The van der Waals surface area contributed by atoms with Gasteiger partial charge in [0.1, 0.15) is 0 Å². The molecular formula is C13H16ClNO. The van der Waals surface area contributed by atoms with E-state index in [0.29, 0.717) is 6.54 Å². The minimum absolute atomic E-state index is 0.0171. The first kappa shape index (κ1) is 11.5. The molecule has 1 aliphatic rings. The summed E-state index contributed by atoms with van der Waals surface area (Å²) < 4.78 is 0.